The Bertz CT molecular complexity index is 386. The van der Waals surface area contributed by atoms with E-state index < -0.39 is 25.2 Å². The zero-order valence-electron chi connectivity index (χ0n) is 9.35. The third-order valence-corrected chi connectivity index (χ3v) is 2.10. The first-order valence-corrected chi connectivity index (χ1v) is 5.24. The molecule has 2 atom stereocenters. The number of nitrogens with zero attached hydrogens (tertiary/aromatic N) is 1. The fourth-order valence-corrected chi connectivity index (χ4v) is 1.18. The summed E-state index contributed by atoms with van der Waals surface area (Å²) in [7, 11) is 0. The van der Waals surface area contributed by atoms with Crippen LogP contribution in [0.25, 0.3) is 0 Å². The number of carbonyl (C=O) groups is 1. The number of hydrogen-bond donors (Lipinski definition) is 1. The summed E-state index contributed by atoms with van der Waals surface area (Å²) in [6, 6.07) is 2.28. The molecular formula is C11H12F3NO3. The molecule has 0 amide bonds. The number of carboxylic acids is 1. The van der Waals surface area contributed by atoms with E-state index in [1.807, 2.05) is 0 Å². The molecule has 2 unspecified atom stereocenters. The van der Waals surface area contributed by atoms with E-state index in [1.54, 1.807) is 0 Å². The summed E-state index contributed by atoms with van der Waals surface area (Å²) < 4.78 is 42.7. The molecule has 0 bridgehead atoms. The van der Waals surface area contributed by atoms with Crippen molar-refractivity contribution in [1.29, 1.82) is 0 Å². The van der Waals surface area contributed by atoms with Gasteiger partial charge in [0.1, 0.15) is 11.4 Å². The maximum atomic E-state index is 13.2. The molecule has 0 saturated carbocycles. The average molecular weight is 263 g/mol. The van der Waals surface area contributed by atoms with Crippen molar-refractivity contribution in [2.45, 2.75) is 25.4 Å². The molecule has 100 valence electrons. The van der Waals surface area contributed by atoms with Gasteiger partial charge in [-0.05, 0) is 25.0 Å². The van der Waals surface area contributed by atoms with Crippen molar-refractivity contribution in [3.8, 4) is 5.75 Å². The van der Waals surface area contributed by atoms with Crippen LogP contribution in [0, 0.1) is 0 Å². The Morgan fingerprint density at radius 3 is 2.67 bits per heavy atom. The van der Waals surface area contributed by atoms with E-state index in [4.69, 9.17) is 5.11 Å². The number of aromatic nitrogens is 1. The molecule has 7 heteroatoms. The average Bonchev–Trinajstić information content (AvgIpc) is 2.36. The number of pyridine rings is 1. The van der Waals surface area contributed by atoms with E-state index in [0.29, 0.717) is 0 Å². The summed E-state index contributed by atoms with van der Waals surface area (Å²) in [6.07, 6.45) is -3.54. The molecule has 0 aliphatic carbocycles. The van der Waals surface area contributed by atoms with Crippen LogP contribution in [0.1, 0.15) is 23.3 Å². The fourth-order valence-electron chi connectivity index (χ4n) is 1.18. The van der Waals surface area contributed by atoms with Crippen molar-refractivity contribution in [3.05, 3.63) is 24.0 Å². The molecule has 1 rings (SSSR count). The van der Waals surface area contributed by atoms with Crippen LogP contribution in [-0.4, -0.2) is 35.3 Å². The van der Waals surface area contributed by atoms with Gasteiger partial charge in [0.25, 0.3) is 6.36 Å². The van der Waals surface area contributed by atoms with Crippen molar-refractivity contribution in [3.63, 3.8) is 0 Å². The van der Waals surface area contributed by atoms with Crippen LogP contribution in [0.4, 0.5) is 13.2 Å². The molecule has 0 aliphatic rings. The van der Waals surface area contributed by atoms with Crippen LogP contribution in [-0.2, 0) is 0 Å². The minimum absolute atomic E-state index is 0.0822. The topological polar surface area (TPSA) is 59.4 Å². The van der Waals surface area contributed by atoms with Crippen LogP contribution < -0.4 is 4.74 Å². The number of alkyl halides is 3. The molecule has 0 aliphatic heterocycles. The Morgan fingerprint density at radius 1 is 1.44 bits per heavy atom. The van der Waals surface area contributed by atoms with Gasteiger partial charge in [0.2, 0.25) is 0 Å². The van der Waals surface area contributed by atoms with E-state index in [1.165, 1.54) is 6.07 Å². The number of ether oxygens (including phenoxy) is 1. The number of hydrogen-bond acceptors (Lipinski definition) is 3. The molecule has 0 radical (unpaired) electrons. The predicted octanol–water partition coefficient (Wildman–Crippen LogP) is 2.54. The molecule has 1 heterocycles. The van der Waals surface area contributed by atoms with Crippen molar-refractivity contribution >= 4 is 5.97 Å². The Kier molecular flexibility index (Phi) is 5.41. The minimum atomic E-state index is -2.23. The van der Waals surface area contributed by atoms with Gasteiger partial charge in [0.15, 0.2) is 6.17 Å². The Labute approximate surface area is 101 Å². The van der Waals surface area contributed by atoms with Gasteiger partial charge in [0.05, 0.1) is 12.9 Å². The molecule has 4 nitrogen and oxygen atoms in total. The van der Waals surface area contributed by atoms with Gasteiger partial charge in [-0.3, -0.25) is 4.39 Å². The second kappa shape index (κ2) is 6.83. The van der Waals surface area contributed by atoms with E-state index in [9.17, 15) is 18.0 Å². The van der Waals surface area contributed by atoms with Gasteiger partial charge >= 0.3 is 5.97 Å². The predicted molar refractivity (Wildman–Crippen MR) is 56.8 cm³/mol. The lowest BCUT2D eigenvalue weighted by atomic mass is 10.2. The van der Waals surface area contributed by atoms with E-state index in [2.05, 4.69) is 9.72 Å². The molecular weight excluding hydrogens is 251 g/mol. The molecule has 0 saturated heterocycles. The van der Waals surface area contributed by atoms with Crippen molar-refractivity contribution in [2.24, 2.45) is 0 Å². The monoisotopic (exact) mass is 263 g/mol. The maximum Gasteiger partial charge on any atom is 0.354 e. The number of aromatic carboxylic acids is 1. The second-order valence-electron chi connectivity index (χ2n) is 3.50. The largest absolute Gasteiger partial charge is 0.477 e. The zero-order valence-corrected chi connectivity index (χ0v) is 9.35. The summed E-state index contributed by atoms with van der Waals surface area (Å²) in [5.74, 6) is -1.32. The molecule has 1 N–H and O–H groups in total. The number of rotatable bonds is 7. The summed E-state index contributed by atoms with van der Waals surface area (Å²) in [5, 5.41) is 8.57. The third-order valence-electron chi connectivity index (χ3n) is 2.10. The van der Waals surface area contributed by atoms with Gasteiger partial charge in [-0.1, -0.05) is 0 Å². The van der Waals surface area contributed by atoms with Crippen LogP contribution in [0.15, 0.2) is 18.3 Å². The summed E-state index contributed by atoms with van der Waals surface area (Å²) in [4.78, 5) is 14.0. The lowest BCUT2D eigenvalue weighted by Crippen LogP contribution is -2.24. The van der Waals surface area contributed by atoms with E-state index in [0.717, 1.165) is 12.3 Å². The SMILES string of the molecule is O=C(O)c1ccc(OC(F)C(F)CCCF)cn1. The lowest BCUT2D eigenvalue weighted by molar-refractivity contribution is -0.0104. The van der Waals surface area contributed by atoms with Crippen LogP contribution in [0.5, 0.6) is 5.75 Å². The van der Waals surface area contributed by atoms with Gasteiger partial charge in [-0.15, -0.1) is 0 Å². The highest BCUT2D eigenvalue weighted by Crippen LogP contribution is 2.17. The minimum Gasteiger partial charge on any atom is -0.477 e. The lowest BCUT2D eigenvalue weighted by Gasteiger charge is -2.14. The number of halogens is 3. The van der Waals surface area contributed by atoms with Crippen LogP contribution in [0.2, 0.25) is 0 Å². The molecule has 0 fully saturated rings. The molecule has 1 aromatic rings. The Hall–Kier alpha value is -1.79. The van der Waals surface area contributed by atoms with Gasteiger partial charge in [0, 0.05) is 0 Å². The van der Waals surface area contributed by atoms with Crippen molar-refractivity contribution < 1.29 is 27.8 Å². The third kappa shape index (κ3) is 4.23. The van der Waals surface area contributed by atoms with E-state index in [-0.39, 0.29) is 24.3 Å². The van der Waals surface area contributed by atoms with Crippen molar-refractivity contribution in [1.82, 2.24) is 4.98 Å². The molecule has 0 aromatic carbocycles. The first kappa shape index (κ1) is 14.3. The fraction of sp³-hybridized carbons (Fsp3) is 0.455. The highest BCUT2D eigenvalue weighted by atomic mass is 19.2. The first-order valence-electron chi connectivity index (χ1n) is 5.24. The van der Waals surface area contributed by atoms with Crippen LogP contribution >= 0.6 is 0 Å². The quantitative estimate of drug-likeness (QED) is 0.821. The molecule has 1 aromatic heterocycles. The van der Waals surface area contributed by atoms with Gasteiger partial charge < -0.3 is 9.84 Å². The Balaban J connectivity index is 2.53. The Morgan fingerprint density at radius 2 is 2.17 bits per heavy atom. The normalized spacial score (nSPS) is 13.9. The highest BCUT2D eigenvalue weighted by Gasteiger charge is 2.21. The van der Waals surface area contributed by atoms with Crippen molar-refractivity contribution in [2.75, 3.05) is 6.67 Å². The van der Waals surface area contributed by atoms with Gasteiger partial charge in [-0.2, -0.15) is 4.39 Å². The highest BCUT2D eigenvalue weighted by molar-refractivity contribution is 5.85. The van der Waals surface area contributed by atoms with Crippen LogP contribution in [0.3, 0.4) is 0 Å². The second-order valence-corrected chi connectivity index (χ2v) is 3.50. The molecule has 0 spiro atoms. The standard InChI is InChI=1S/C11H12F3NO3/c12-5-1-2-8(13)10(14)18-7-3-4-9(11(16)17)15-6-7/h3-4,6,8,10H,1-2,5H2,(H,16,17). The summed E-state index contributed by atoms with van der Waals surface area (Å²) in [5.41, 5.74) is -0.230. The van der Waals surface area contributed by atoms with Gasteiger partial charge in [-0.25, -0.2) is 14.2 Å². The molecule has 18 heavy (non-hydrogen) atoms. The zero-order chi connectivity index (χ0) is 13.5. The maximum absolute atomic E-state index is 13.2. The first-order chi connectivity index (χ1) is 8.54. The summed E-state index contributed by atoms with van der Waals surface area (Å²) in [6.45, 7) is -0.720. The smallest absolute Gasteiger partial charge is 0.354 e. The van der Waals surface area contributed by atoms with E-state index >= 15 is 0 Å². The number of carboxylic acid groups (broad SMARTS) is 1. The summed E-state index contributed by atoms with van der Waals surface area (Å²) >= 11 is 0.